The first-order chi connectivity index (χ1) is 22.4. The number of amides is 2. The molecule has 2 atom stereocenters. The first kappa shape index (κ1) is 32.3. The van der Waals surface area contributed by atoms with E-state index in [4.69, 9.17) is 21.3 Å². The Morgan fingerprint density at radius 2 is 1.89 bits per heavy atom. The second-order valence-corrected chi connectivity index (χ2v) is 15.4. The highest BCUT2D eigenvalue weighted by molar-refractivity contribution is 6.34. The molecule has 5 heterocycles. The third-order valence-corrected chi connectivity index (χ3v) is 11.2. The van der Waals surface area contributed by atoms with E-state index in [0.717, 1.165) is 60.1 Å². The van der Waals surface area contributed by atoms with Gasteiger partial charge in [-0.3, -0.25) is 9.69 Å². The Morgan fingerprint density at radius 1 is 1.15 bits per heavy atom. The molecule has 1 aliphatic carbocycles. The van der Waals surface area contributed by atoms with Crippen molar-refractivity contribution in [2.45, 2.75) is 115 Å². The van der Waals surface area contributed by atoms with Crippen molar-refractivity contribution in [3.8, 4) is 11.3 Å². The molecule has 2 amide bonds. The van der Waals surface area contributed by atoms with Crippen LogP contribution in [0.3, 0.4) is 0 Å². The Morgan fingerprint density at radius 3 is 2.57 bits per heavy atom. The van der Waals surface area contributed by atoms with Crippen molar-refractivity contribution >= 4 is 40.3 Å². The van der Waals surface area contributed by atoms with E-state index in [2.05, 4.69) is 40.4 Å². The number of fused-ring (bicyclic) bond motifs is 3. The Bertz CT molecular complexity index is 1690. The molecule has 4 aliphatic rings. The fraction of sp³-hybridized carbons (Fsp3) is 0.611. The van der Waals surface area contributed by atoms with E-state index in [1.807, 2.05) is 44.1 Å². The van der Waals surface area contributed by atoms with Gasteiger partial charge in [0.25, 0.3) is 0 Å². The zero-order valence-electron chi connectivity index (χ0n) is 28.1. The molecular weight excluding hydrogens is 619 g/mol. The molecule has 1 spiro atoms. The van der Waals surface area contributed by atoms with E-state index in [1.54, 1.807) is 4.90 Å². The summed E-state index contributed by atoms with van der Waals surface area (Å²) in [6.07, 6.45) is 5.89. The Labute approximate surface area is 281 Å². The number of anilines is 1. The molecule has 3 fully saturated rings. The predicted octanol–water partition coefficient (Wildman–Crippen LogP) is 7.30. The van der Waals surface area contributed by atoms with Crippen molar-refractivity contribution in [1.82, 2.24) is 24.3 Å². The van der Waals surface area contributed by atoms with Gasteiger partial charge in [0.05, 0.1) is 23.0 Å². The molecule has 252 valence electrons. The molecular formula is C36H46ClFN6O3. The van der Waals surface area contributed by atoms with Crippen LogP contribution in [0, 0.1) is 0 Å². The van der Waals surface area contributed by atoms with Crippen molar-refractivity contribution in [2.24, 2.45) is 0 Å². The molecule has 3 aromatic rings. The van der Waals surface area contributed by atoms with Crippen LogP contribution in [0.5, 0.6) is 0 Å². The van der Waals surface area contributed by atoms with Crippen molar-refractivity contribution in [2.75, 3.05) is 31.1 Å². The number of hydrogen-bond acceptors (Lipinski definition) is 6. The minimum absolute atomic E-state index is 0.0370. The lowest BCUT2D eigenvalue weighted by Gasteiger charge is -2.48. The molecule has 3 aliphatic heterocycles. The number of aromatic nitrogens is 3. The number of benzene rings is 1. The van der Waals surface area contributed by atoms with Crippen LogP contribution in [0.4, 0.5) is 14.9 Å². The molecule has 11 heteroatoms. The molecule has 0 bridgehead atoms. The van der Waals surface area contributed by atoms with Gasteiger partial charge >= 0.3 is 6.09 Å². The number of rotatable bonds is 5. The molecule has 0 unspecified atom stereocenters. The number of carbonyl (C=O) groups is 2. The van der Waals surface area contributed by atoms with Crippen molar-refractivity contribution in [3.63, 3.8) is 0 Å². The number of carbonyl (C=O) groups excluding carboxylic acids is 2. The molecule has 47 heavy (non-hydrogen) atoms. The van der Waals surface area contributed by atoms with E-state index in [1.165, 1.54) is 0 Å². The SMILES string of the molecule is CC[C@H](C)n1cnc2cc(-c3ccc4c(c3)N(C3CC(N5CCC[C@@H](F)C5)C3)C(=O)C43CCN(C(=O)OC(C)(C)C)CC3)nc(Cl)c21. The maximum absolute atomic E-state index is 14.7. The lowest BCUT2D eigenvalue weighted by molar-refractivity contribution is -0.126. The Kier molecular flexibility index (Phi) is 8.26. The average molecular weight is 665 g/mol. The summed E-state index contributed by atoms with van der Waals surface area (Å²) in [6, 6.07) is 8.74. The minimum Gasteiger partial charge on any atom is -0.444 e. The quantitative estimate of drug-likeness (QED) is 0.266. The zero-order chi connectivity index (χ0) is 33.2. The molecule has 0 radical (unpaired) electrons. The minimum atomic E-state index is -0.772. The van der Waals surface area contributed by atoms with Crippen LogP contribution in [-0.4, -0.2) is 86.4 Å². The molecule has 9 nitrogen and oxygen atoms in total. The summed E-state index contributed by atoms with van der Waals surface area (Å²) in [5, 5.41) is 0.407. The lowest BCUT2D eigenvalue weighted by atomic mass is 9.73. The van der Waals surface area contributed by atoms with Crippen molar-refractivity contribution < 1.29 is 18.7 Å². The van der Waals surface area contributed by atoms with E-state index >= 15 is 0 Å². The van der Waals surface area contributed by atoms with Crippen LogP contribution >= 0.6 is 11.6 Å². The van der Waals surface area contributed by atoms with Gasteiger partial charge in [-0.15, -0.1) is 0 Å². The van der Waals surface area contributed by atoms with Crippen molar-refractivity contribution in [1.29, 1.82) is 0 Å². The van der Waals surface area contributed by atoms with Gasteiger partial charge in [0.15, 0.2) is 5.15 Å². The Balaban J connectivity index is 1.21. The first-order valence-corrected chi connectivity index (χ1v) is 17.6. The number of alkyl halides is 1. The number of piperidine rings is 2. The summed E-state index contributed by atoms with van der Waals surface area (Å²) in [6.45, 7) is 12.2. The number of likely N-dealkylation sites (tertiary alicyclic amines) is 2. The maximum Gasteiger partial charge on any atom is 0.410 e. The van der Waals surface area contributed by atoms with Gasteiger partial charge in [-0.1, -0.05) is 30.7 Å². The van der Waals surface area contributed by atoms with Gasteiger partial charge in [-0.25, -0.2) is 19.2 Å². The number of halogens is 2. The molecule has 2 aromatic heterocycles. The topological polar surface area (TPSA) is 83.8 Å². The van der Waals surface area contributed by atoms with Crippen LogP contribution in [-0.2, 0) is 14.9 Å². The molecule has 1 saturated carbocycles. The van der Waals surface area contributed by atoms with Crippen LogP contribution < -0.4 is 4.90 Å². The summed E-state index contributed by atoms with van der Waals surface area (Å²) in [7, 11) is 0. The van der Waals surface area contributed by atoms with Crippen LogP contribution in [0.1, 0.15) is 91.2 Å². The van der Waals surface area contributed by atoms with Crippen LogP contribution in [0.15, 0.2) is 30.6 Å². The van der Waals surface area contributed by atoms with Crippen molar-refractivity contribution in [3.05, 3.63) is 41.3 Å². The molecule has 1 aromatic carbocycles. The number of imidazole rings is 1. The first-order valence-electron chi connectivity index (χ1n) is 17.3. The highest BCUT2D eigenvalue weighted by Gasteiger charge is 2.56. The second kappa shape index (κ2) is 12.0. The van der Waals surface area contributed by atoms with Gasteiger partial charge in [0.1, 0.15) is 17.3 Å². The summed E-state index contributed by atoms with van der Waals surface area (Å²) in [5.41, 5.74) is 3.82. The summed E-state index contributed by atoms with van der Waals surface area (Å²) >= 11 is 6.80. The smallest absolute Gasteiger partial charge is 0.410 e. The van der Waals surface area contributed by atoms with E-state index < -0.39 is 17.2 Å². The third-order valence-electron chi connectivity index (χ3n) is 10.9. The summed E-state index contributed by atoms with van der Waals surface area (Å²) < 4.78 is 22.0. The maximum atomic E-state index is 14.7. The highest BCUT2D eigenvalue weighted by atomic mass is 35.5. The number of ether oxygens (including phenoxy) is 1. The largest absolute Gasteiger partial charge is 0.444 e. The predicted molar refractivity (Wildman–Crippen MR) is 182 cm³/mol. The van der Waals surface area contributed by atoms with Gasteiger partial charge in [0.2, 0.25) is 5.91 Å². The normalized spacial score (nSPS) is 25.3. The monoisotopic (exact) mass is 664 g/mol. The van der Waals surface area contributed by atoms with Crippen LogP contribution in [0.2, 0.25) is 5.15 Å². The number of pyridine rings is 1. The molecule has 7 rings (SSSR count). The highest BCUT2D eigenvalue weighted by Crippen LogP contribution is 2.52. The molecule has 0 N–H and O–H groups in total. The second-order valence-electron chi connectivity index (χ2n) is 15.0. The summed E-state index contributed by atoms with van der Waals surface area (Å²) in [4.78, 5) is 43.1. The Hall–Kier alpha value is -3.24. The number of hydrogen-bond donors (Lipinski definition) is 0. The van der Waals surface area contributed by atoms with Gasteiger partial charge in [0, 0.05) is 49.0 Å². The van der Waals surface area contributed by atoms with E-state index in [0.29, 0.717) is 49.7 Å². The van der Waals surface area contributed by atoms with Gasteiger partial charge in [-0.2, -0.15) is 0 Å². The lowest BCUT2D eigenvalue weighted by Crippen LogP contribution is -2.59. The fourth-order valence-corrected chi connectivity index (χ4v) is 8.32. The average Bonchev–Trinajstić information content (AvgIpc) is 3.54. The molecule has 2 saturated heterocycles. The summed E-state index contributed by atoms with van der Waals surface area (Å²) in [5.74, 6) is 0.104. The standard InChI is InChI=1S/C36H46ClFN6O3/c1-6-22(2)43-21-39-29-19-28(40-32(37)31(29)43)23-9-10-27-30(16-23)44(26-17-25(18-26)42-13-7-8-24(38)20-42)33(45)36(27)11-14-41(15-12-36)34(46)47-35(3,4)5/h9-10,16,19,21-22,24-26H,6-8,11-15,17-18,20H2,1-5H3/t22-,24+,25?,26?/m0/s1. The van der Waals surface area contributed by atoms with Crippen LogP contribution in [0.25, 0.3) is 22.3 Å². The van der Waals surface area contributed by atoms with Gasteiger partial charge < -0.3 is 19.1 Å². The fourth-order valence-electron chi connectivity index (χ4n) is 8.04. The number of nitrogens with zero attached hydrogens (tertiary/aromatic N) is 6. The third kappa shape index (κ3) is 5.69. The van der Waals surface area contributed by atoms with E-state index in [9.17, 15) is 14.0 Å². The zero-order valence-corrected chi connectivity index (χ0v) is 28.9. The van der Waals surface area contributed by atoms with Gasteiger partial charge in [-0.05, 0) is 96.9 Å². The van der Waals surface area contributed by atoms with E-state index in [-0.39, 0.29) is 30.1 Å².